The SMILES string of the molecule is CC(C)OC(=O)NN(C(=O)OC(C)C)S(=O)(=O)C1CCCCC1. The summed E-state index contributed by atoms with van der Waals surface area (Å²) in [4.78, 5) is 23.9. The highest BCUT2D eigenvalue weighted by molar-refractivity contribution is 7.90. The van der Waals surface area contributed by atoms with Crippen LogP contribution in [0.15, 0.2) is 0 Å². The van der Waals surface area contributed by atoms with Gasteiger partial charge < -0.3 is 9.47 Å². The maximum atomic E-state index is 12.7. The lowest BCUT2D eigenvalue weighted by molar-refractivity contribution is 0.0711. The summed E-state index contributed by atoms with van der Waals surface area (Å²) >= 11 is 0. The van der Waals surface area contributed by atoms with Crippen molar-refractivity contribution in [3.63, 3.8) is 0 Å². The van der Waals surface area contributed by atoms with Gasteiger partial charge in [0.05, 0.1) is 17.5 Å². The predicted molar refractivity (Wildman–Crippen MR) is 84.0 cm³/mol. The second kappa shape index (κ2) is 8.37. The molecular formula is C14H26N2O6S. The number of sulfonamides is 1. The molecule has 134 valence electrons. The molecular weight excluding hydrogens is 324 g/mol. The van der Waals surface area contributed by atoms with Crippen LogP contribution >= 0.6 is 0 Å². The lowest BCUT2D eigenvalue weighted by atomic mass is 10.0. The van der Waals surface area contributed by atoms with Crippen molar-refractivity contribution in [3.8, 4) is 0 Å². The molecule has 9 heteroatoms. The number of carbonyl (C=O) groups excluding carboxylic acids is 2. The van der Waals surface area contributed by atoms with Gasteiger partial charge in [-0.25, -0.2) is 23.4 Å². The van der Waals surface area contributed by atoms with Crippen LogP contribution in [0.4, 0.5) is 9.59 Å². The van der Waals surface area contributed by atoms with E-state index < -0.39 is 39.7 Å². The Hall–Kier alpha value is -1.51. The summed E-state index contributed by atoms with van der Waals surface area (Å²) in [7, 11) is -4.05. The number of amides is 2. The van der Waals surface area contributed by atoms with Gasteiger partial charge in [-0.15, -0.1) is 4.41 Å². The first kappa shape index (κ1) is 19.5. The van der Waals surface area contributed by atoms with E-state index in [1.807, 2.05) is 5.43 Å². The van der Waals surface area contributed by atoms with Gasteiger partial charge in [-0.05, 0) is 40.5 Å². The van der Waals surface area contributed by atoms with Crippen molar-refractivity contribution in [2.75, 3.05) is 0 Å². The van der Waals surface area contributed by atoms with E-state index in [0.29, 0.717) is 12.8 Å². The van der Waals surface area contributed by atoms with E-state index in [2.05, 4.69) is 0 Å². The monoisotopic (exact) mass is 350 g/mol. The largest absolute Gasteiger partial charge is 0.446 e. The normalized spacial score (nSPS) is 16.3. The second-order valence-corrected chi connectivity index (χ2v) is 8.13. The van der Waals surface area contributed by atoms with E-state index in [1.54, 1.807) is 27.7 Å². The molecule has 23 heavy (non-hydrogen) atoms. The van der Waals surface area contributed by atoms with Crippen LogP contribution in [-0.4, -0.2) is 42.5 Å². The van der Waals surface area contributed by atoms with Crippen LogP contribution in [0.1, 0.15) is 59.8 Å². The smallest absolute Gasteiger partial charge is 0.443 e. The molecule has 0 aliphatic heterocycles. The third-order valence-electron chi connectivity index (χ3n) is 3.27. The molecule has 0 radical (unpaired) electrons. The van der Waals surface area contributed by atoms with Crippen LogP contribution in [0.2, 0.25) is 0 Å². The molecule has 0 saturated heterocycles. The molecule has 0 atom stereocenters. The predicted octanol–water partition coefficient (Wildman–Crippen LogP) is 2.55. The minimum absolute atomic E-state index is 0.285. The zero-order chi connectivity index (χ0) is 17.6. The Morgan fingerprint density at radius 3 is 2.00 bits per heavy atom. The Bertz CT molecular complexity index is 511. The molecule has 0 aromatic rings. The number of nitrogens with one attached hydrogen (secondary N) is 1. The van der Waals surface area contributed by atoms with E-state index in [4.69, 9.17) is 9.47 Å². The molecule has 1 saturated carbocycles. The Morgan fingerprint density at radius 2 is 1.52 bits per heavy atom. The van der Waals surface area contributed by atoms with E-state index in [9.17, 15) is 18.0 Å². The lowest BCUT2D eigenvalue weighted by Crippen LogP contribution is -2.54. The first-order chi connectivity index (χ1) is 10.6. The third kappa shape index (κ3) is 5.89. The first-order valence-electron chi connectivity index (χ1n) is 7.86. The number of carbonyl (C=O) groups is 2. The fraction of sp³-hybridized carbons (Fsp3) is 0.857. The highest BCUT2D eigenvalue weighted by Gasteiger charge is 2.39. The van der Waals surface area contributed by atoms with E-state index in [1.165, 1.54) is 0 Å². The molecule has 0 spiro atoms. The standard InChI is InChI=1S/C14H26N2O6S/c1-10(2)21-13(17)15-16(14(18)22-11(3)4)23(19,20)12-8-6-5-7-9-12/h10-12H,5-9H2,1-4H3,(H,15,17). The van der Waals surface area contributed by atoms with Crippen LogP contribution in [0.3, 0.4) is 0 Å². The molecule has 8 nitrogen and oxygen atoms in total. The number of ether oxygens (including phenoxy) is 2. The topological polar surface area (TPSA) is 102 Å². The van der Waals surface area contributed by atoms with Gasteiger partial charge in [0.25, 0.3) is 10.0 Å². The van der Waals surface area contributed by atoms with Gasteiger partial charge in [-0.1, -0.05) is 19.3 Å². The van der Waals surface area contributed by atoms with Gasteiger partial charge in [0.2, 0.25) is 0 Å². The molecule has 0 unspecified atom stereocenters. The quantitative estimate of drug-likeness (QED) is 0.782. The van der Waals surface area contributed by atoms with Crippen molar-refractivity contribution in [3.05, 3.63) is 0 Å². The summed E-state index contributed by atoms with van der Waals surface area (Å²) in [5, 5.41) is -0.713. The zero-order valence-corrected chi connectivity index (χ0v) is 14.9. The molecule has 0 heterocycles. The van der Waals surface area contributed by atoms with Gasteiger partial charge in [-0.3, -0.25) is 0 Å². The van der Waals surface area contributed by atoms with E-state index in [0.717, 1.165) is 19.3 Å². The van der Waals surface area contributed by atoms with Gasteiger partial charge in [0, 0.05) is 0 Å². The summed E-state index contributed by atoms with van der Waals surface area (Å²) < 4.78 is 35.4. The summed E-state index contributed by atoms with van der Waals surface area (Å²) in [6, 6.07) is 0. The third-order valence-corrected chi connectivity index (χ3v) is 5.33. The zero-order valence-electron chi connectivity index (χ0n) is 14.1. The molecule has 1 fully saturated rings. The van der Waals surface area contributed by atoms with Crippen LogP contribution in [0.25, 0.3) is 0 Å². The average molecular weight is 350 g/mol. The van der Waals surface area contributed by atoms with Crippen LogP contribution < -0.4 is 5.43 Å². The van der Waals surface area contributed by atoms with Crippen LogP contribution in [0, 0.1) is 0 Å². The molecule has 0 aromatic heterocycles. The van der Waals surface area contributed by atoms with Crippen LogP contribution in [-0.2, 0) is 19.5 Å². The highest BCUT2D eigenvalue weighted by Crippen LogP contribution is 2.26. The Kier molecular flexibility index (Phi) is 7.11. The van der Waals surface area contributed by atoms with Crippen molar-refractivity contribution in [2.45, 2.75) is 77.3 Å². The Morgan fingerprint density at radius 1 is 1.00 bits per heavy atom. The Balaban J connectivity index is 2.96. The summed E-state index contributed by atoms with van der Waals surface area (Å²) in [6.45, 7) is 6.42. The first-order valence-corrected chi connectivity index (χ1v) is 9.37. The lowest BCUT2D eigenvalue weighted by Gasteiger charge is -2.29. The summed E-state index contributed by atoms with van der Waals surface area (Å²) in [6.07, 6.45) is 0.298. The van der Waals surface area contributed by atoms with Crippen molar-refractivity contribution in [2.24, 2.45) is 0 Å². The fourth-order valence-electron chi connectivity index (χ4n) is 2.30. The molecule has 1 aliphatic rings. The van der Waals surface area contributed by atoms with Crippen LogP contribution in [0.5, 0.6) is 0 Å². The van der Waals surface area contributed by atoms with E-state index >= 15 is 0 Å². The number of hydrazine groups is 1. The van der Waals surface area contributed by atoms with Crippen molar-refractivity contribution >= 4 is 22.2 Å². The number of hydrogen-bond donors (Lipinski definition) is 1. The average Bonchev–Trinajstić information content (AvgIpc) is 2.44. The van der Waals surface area contributed by atoms with Gasteiger partial charge in [0.1, 0.15) is 0 Å². The molecule has 1 aliphatic carbocycles. The number of rotatable bonds is 4. The summed E-state index contributed by atoms with van der Waals surface area (Å²) in [5.41, 5.74) is 2.00. The minimum atomic E-state index is -4.05. The van der Waals surface area contributed by atoms with Gasteiger partial charge in [-0.2, -0.15) is 0 Å². The van der Waals surface area contributed by atoms with Crippen molar-refractivity contribution in [1.29, 1.82) is 0 Å². The summed E-state index contributed by atoms with van der Waals surface area (Å²) in [5.74, 6) is 0. The molecule has 2 amide bonds. The maximum Gasteiger partial charge on any atom is 0.443 e. The highest BCUT2D eigenvalue weighted by atomic mass is 32.2. The maximum absolute atomic E-state index is 12.7. The number of nitrogens with zero attached hydrogens (tertiary/aromatic N) is 1. The Labute approximate surface area is 137 Å². The van der Waals surface area contributed by atoms with Gasteiger partial charge >= 0.3 is 12.2 Å². The molecule has 1 rings (SSSR count). The molecule has 0 bridgehead atoms. The second-order valence-electron chi connectivity index (χ2n) is 6.07. The van der Waals surface area contributed by atoms with Crippen molar-refractivity contribution in [1.82, 2.24) is 9.84 Å². The molecule has 0 aromatic carbocycles. The van der Waals surface area contributed by atoms with E-state index in [-0.39, 0.29) is 4.41 Å². The molecule has 1 N–H and O–H groups in total. The van der Waals surface area contributed by atoms with Crippen molar-refractivity contribution < 1.29 is 27.5 Å². The fourth-order valence-corrected chi connectivity index (χ4v) is 3.98. The van der Waals surface area contributed by atoms with Gasteiger partial charge in [0.15, 0.2) is 0 Å². The number of hydrogen-bond acceptors (Lipinski definition) is 6. The minimum Gasteiger partial charge on any atom is -0.446 e.